The van der Waals surface area contributed by atoms with Crippen LogP contribution in [-0.2, 0) is 17.0 Å². The number of aromatic nitrogens is 1. The molecule has 0 saturated carbocycles. The van der Waals surface area contributed by atoms with E-state index in [1.54, 1.807) is 0 Å². The second-order valence-corrected chi connectivity index (χ2v) is 2.89. The minimum atomic E-state index is 0.832. The summed E-state index contributed by atoms with van der Waals surface area (Å²) in [5, 5.41) is 0. The Balaban J connectivity index is 3.12. The predicted molar refractivity (Wildman–Crippen MR) is 51.8 cm³/mol. The first kappa shape index (κ1) is 10.1. The molecule has 0 spiro atoms. The molecule has 0 fully saturated rings. The topological polar surface area (TPSA) is 25.2 Å². The number of aryl methyl sites for hydroxylation is 1. The van der Waals surface area contributed by atoms with Crippen LogP contribution in [0.4, 0.5) is 0 Å². The summed E-state index contributed by atoms with van der Waals surface area (Å²) in [5.41, 5.74) is 2.70. The van der Waals surface area contributed by atoms with Crippen LogP contribution in [0.5, 0.6) is 0 Å². The van der Waals surface area contributed by atoms with Crippen LogP contribution in [0.2, 0.25) is 0 Å². The van der Waals surface area contributed by atoms with Crippen molar-refractivity contribution in [3.05, 3.63) is 42.4 Å². The van der Waals surface area contributed by atoms with Gasteiger partial charge in [-0.25, -0.2) is 0 Å². The van der Waals surface area contributed by atoms with Crippen LogP contribution in [0.25, 0.3) is 0 Å². The summed E-state index contributed by atoms with van der Waals surface area (Å²) < 4.78 is 1.86. The molecular weight excluding hydrogens is 199 g/mol. The van der Waals surface area contributed by atoms with Gasteiger partial charge in [-0.15, -0.1) is 0 Å². The van der Waals surface area contributed by atoms with Crippen molar-refractivity contribution in [2.24, 2.45) is 4.99 Å². The molecule has 65 valence electrons. The van der Waals surface area contributed by atoms with Gasteiger partial charge in [-0.3, -0.25) is 0 Å². The number of hydrogen-bond acceptors (Lipinski definition) is 2. The van der Waals surface area contributed by atoms with E-state index in [2.05, 4.69) is 33.5 Å². The molecule has 0 aliphatic heterocycles. The van der Waals surface area contributed by atoms with Crippen LogP contribution in [0, 0.1) is 6.92 Å². The zero-order valence-corrected chi connectivity index (χ0v) is 8.83. The molecule has 0 atom stereocenters. The van der Waals surface area contributed by atoms with E-state index in [0.717, 1.165) is 17.1 Å². The molecule has 0 saturated heterocycles. The third kappa shape index (κ3) is 2.76. The first-order valence-corrected chi connectivity index (χ1v) is 4.68. The first-order chi connectivity index (χ1) is 6.27. The Labute approximate surface area is 86.9 Å². The van der Waals surface area contributed by atoms with Gasteiger partial charge in [-0.05, 0) is 0 Å². The molecule has 0 unspecified atom stereocenters. The fourth-order valence-corrected chi connectivity index (χ4v) is 1.26. The van der Waals surface area contributed by atoms with Crippen molar-refractivity contribution in [1.82, 2.24) is 4.98 Å². The van der Waals surface area contributed by atoms with Gasteiger partial charge in [0.15, 0.2) is 0 Å². The van der Waals surface area contributed by atoms with Crippen LogP contribution >= 0.6 is 0 Å². The Hall–Kier alpha value is -0.986. The molecule has 0 N–H and O–H groups in total. The Bertz CT molecular complexity index is 356. The van der Waals surface area contributed by atoms with Crippen molar-refractivity contribution in [3.8, 4) is 0 Å². The number of pyridine rings is 1. The molecule has 1 rings (SSSR count). The van der Waals surface area contributed by atoms with Gasteiger partial charge in [0.2, 0.25) is 0 Å². The fraction of sp³-hybridized carbons (Fsp3) is 0.100. The van der Waals surface area contributed by atoms with Gasteiger partial charge in [0, 0.05) is 0 Å². The zero-order valence-electron chi connectivity index (χ0n) is 7.44. The van der Waals surface area contributed by atoms with E-state index in [0.29, 0.717) is 0 Å². The summed E-state index contributed by atoms with van der Waals surface area (Å²) in [6.07, 6.45) is 1.52. The molecule has 0 aliphatic carbocycles. The SMILES string of the molecule is C=CN=C([CH]=[V])c1cccc(C)n1. The van der Waals surface area contributed by atoms with Gasteiger partial charge in [-0.1, -0.05) is 0 Å². The van der Waals surface area contributed by atoms with E-state index < -0.39 is 0 Å². The Kier molecular flexibility index (Phi) is 3.81. The molecular formula is C10H10N2V. The summed E-state index contributed by atoms with van der Waals surface area (Å²) in [4.78, 5) is 8.44. The van der Waals surface area contributed by atoms with E-state index in [4.69, 9.17) is 0 Å². The molecule has 2 nitrogen and oxygen atoms in total. The van der Waals surface area contributed by atoms with Gasteiger partial charge in [0.05, 0.1) is 0 Å². The van der Waals surface area contributed by atoms with Crippen LogP contribution < -0.4 is 0 Å². The molecule has 0 amide bonds. The zero-order chi connectivity index (χ0) is 9.68. The maximum absolute atomic E-state index is 4.34. The summed E-state index contributed by atoms with van der Waals surface area (Å²) in [6.45, 7) is 5.51. The minimum absolute atomic E-state index is 0.832. The summed E-state index contributed by atoms with van der Waals surface area (Å²) in [7, 11) is 0. The van der Waals surface area contributed by atoms with Crippen molar-refractivity contribution in [2.45, 2.75) is 6.92 Å². The van der Waals surface area contributed by atoms with Crippen LogP contribution in [0.3, 0.4) is 0 Å². The van der Waals surface area contributed by atoms with Gasteiger partial charge < -0.3 is 0 Å². The van der Waals surface area contributed by atoms with E-state index in [1.807, 2.05) is 29.9 Å². The molecule has 0 bridgehead atoms. The Morgan fingerprint density at radius 2 is 2.38 bits per heavy atom. The number of nitrogens with zero attached hydrogens (tertiary/aromatic N) is 2. The number of hydrogen-bond donors (Lipinski definition) is 0. The first-order valence-electron chi connectivity index (χ1n) is 3.88. The van der Waals surface area contributed by atoms with Crippen LogP contribution in [0.1, 0.15) is 11.4 Å². The van der Waals surface area contributed by atoms with E-state index in [9.17, 15) is 0 Å². The van der Waals surface area contributed by atoms with Gasteiger partial charge in [0.25, 0.3) is 0 Å². The van der Waals surface area contributed by atoms with Crippen molar-refractivity contribution >= 4 is 10.4 Å². The number of rotatable bonds is 3. The third-order valence-electron chi connectivity index (χ3n) is 1.50. The van der Waals surface area contributed by atoms with Crippen LogP contribution in [-0.4, -0.2) is 15.4 Å². The standard InChI is InChI=1S/C10H10N2.V/c1-4-11-9(3)10-7-5-6-8(2)12-10;/h3-7H,1H2,2H3;. The molecule has 13 heavy (non-hydrogen) atoms. The molecule has 1 aromatic rings. The second-order valence-electron chi connectivity index (χ2n) is 2.49. The molecule has 1 heterocycles. The van der Waals surface area contributed by atoms with E-state index in [1.165, 1.54) is 6.20 Å². The molecule has 0 aromatic carbocycles. The molecule has 0 radical (unpaired) electrons. The average molecular weight is 209 g/mol. The normalized spacial score (nSPS) is 10.9. The van der Waals surface area contributed by atoms with Crippen molar-refractivity contribution in [1.29, 1.82) is 0 Å². The Morgan fingerprint density at radius 3 is 2.92 bits per heavy atom. The monoisotopic (exact) mass is 209 g/mol. The average Bonchev–Trinajstić information content (AvgIpc) is 2.14. The van der Waals surface area contributed by atoms with Crippen molar-refractivity contribution in [2.75, 3.05) is 0 Å². The van der Waals surface area contributed by atoms with Crippen LogP contribution in [0.15, 0.2) is 36.0 Å². The Morgan fingerprint density at radius 1 is 1.62 bits per heavy atom. The number of aliphatic imine (C=N–C) groups is 1. The fourth-order valence-electron chi connectivity index (χ4n) is 0.950. The predicted octanol–water partition coefficient (Wildman–Crippen LogP) is 1.67. The van der Waals surface area contributed by atoms with Crippen molar-refractivity contribution < 1.29 is 17.0 Å². The van der Waals surface area contributed by atoms with Gasteiger partial charge in [-0.2, -0.15) is 0 Å². The quantitative estimate of drug-likeness (QED) is 0.695. The summed E-state index contributed by atoms with van der Waals surface area (Å²) in [5.74, 6) is 0. The van der Waals surface area contributed by atoms with Gasteiger partial charge in [0.1, 0.15) is 0 Å². The summed E-state index contributed by atoms with van der Waals surface area (Å²) >= 11 is 2.37. The van der Waals surface area contributed by atoms with E-state index in [-0.39, 0.29) is 0 Å². The maximum atomic E-state index is 4.34. The van der Waals surface area contributed by atoms with Crippen molar-refractivity contribution in [3.63, 3.8) is 0 Å². The molecule has 3 heteroatoms. The third-order valence-corrected chi connectivity index (χ3v) is 1.89. The molecule has 0 aliphatic rings. The van der Waals surface area contributed by atoms with E-state index >= 15 is 0 Å². The molecule has 1 aromatic heterocycles. The second kappa shape index (κ2) is 4.90. The summed E-state index contributed by atoms with van der Waals surface area (Å²) in [6, 6.07) is 5.85. The van der Waals surface area contributed by atoms with Gasteiger partial charge >= 0.3 is 86.7 Å².